The molecule has 168 valence electrons. The Morgan fingerprint density at radius 3 is 2.64 bits per heavy atom. The topological polar surface area (TPSA) is 61.9 Å². The van der Waals surface area contributed by atoms with Gasteiger partial charge in [-0.2, -0.15) is 0 Å². The normalized spacial score (nSPS) is 13.4. The Morgan fingerprint density at radius 1 is 1.03 bits per heavy atom. The van der Waals surface area contributed by atoms with Crippen LogP contribution >= 0.6 is 0 Å². The summed E-state index contributed by atoms with van der Waals surface area (Å²) in [7, 11) is 0. The second-order valence-electron chi connectivity index (χ2n) is 9.36. The van der Waals surface area contributed by atoms with Crippen molar-refractivity contribution < 1.29 is 4.79 Å². The Balaban J connectivity index is 1.43. The smallest absolute Gasteiger partial charge is 0.274 e. The van der Waals surface area contributed by atoms with Gasteiger partial charge in [-0.3, -0.25) is 9.78 Å². The average Bonchev–Trinajstić information content (AvgIpc) is 3.56. The Labute approximate surface area is 194 Å². The van der Waals surface area contributed by atoms with Crippen LogP contribution in [0.25, 0.3) is 22.2 Å². The minimum Gasteiger partial charge on any atom is -0.361 e. The van der Waals surface area contributed by atoms with Crippen LogP contribution in [0.5, 0.6) is 0 Å². The lowest BCUT2D eigenvalue weighted by atomic mass is 10.0. The van der Waals surface area contributed by atoms with Crippen molar-refractivity contribution in [2.75, 3.05) is 13.1 Å². The van der Waals surface area contributed by atoms with E-state index >= 15 is 0 Å². The number of H-pyrrole nitrogens is 1. The summed E-state index contributed by atoms with van der Waals surface area (Å²) in [5.41, 5.74) is 8.07. The second-order valence-corrected chi connectivity index (χ2v) is 9.36. The number of rotatable bonds is 7. The maximum Gasteiger partial charge on any atom is 0.274 e. The van der Waals surface area contributed by atoms with Gasteiger partial charge < -0.3 is 9.88 Å². The van der Waals surface area contributed by atoms with Gasteiger partial charge in [0, 0.05) is 48.1 Å². The van der Waals surface area contributed by atoms with Crippen molar-refractivity contribution in [1.82, 2.24) is 19.9 Å². The maximum absolute atomic E-state index is 13.7. The highest BCUT2D eigenvalue weighted by Gasteiger charge is 2.29. The molecule has 1 aliphatic rings. The molecule has 1 fully saturated rings. The standard InChI is InChI=1S/C28H30N4O/c1-18-4-9-25-24(14-18)23(16-31-25)10-13-32(17-21-6-7-21)28(33)27-26(29-11-12-30-27)22-8-5-19(2)20(3)15-22/h4-5,8-9,11-12,14-16,21,31H,6-7,10,13,17H2,1-3H3. The summed E-state index contributed by atoms with van der Waals surface area (Å²) in [5, 5.41) is 1.24. The van der Waals surface area contributed by atoms with E-state index in [2.05, 4.69) is 72.3 Å². The molecule has 5 rings (SSSR count). The van der Waals surface area contributed by atoms with Gasteiger partial charge in [0.25, 0.3) is 5.91 Å². The van der Waals surface area contributed by atoms with E-state index < -0.39 is 0 Å². The van der Waals surface area contributed by atoms with Crippen LogP contribution in [0.1, 0.15) is 45.6 Å². The first-order chi connectivity index (χ1) is 16.0. The van der Waals surface area contributed by atoms with Gasteiger partial charge in [0.1, 0.15) is 5.69 Å². The number of benzene rings is 2. The summed E-state index contributed by atoms with van der Waals surface area (Å²) in [6.07, 6.45) is 8.56. The molecular formula is C28H30N4O. The van der Waals surface area contributed by atoms with Crippen LogP contribution in [0.3, 0.4) is 0 Å². The predicted molar refractivity (Wildman–Crippen MR) is 132 cm³/mol. The fourth-order valence-corrected chi connectivity index (χ4v) is 4.39. The molecule has 0 spiro atoms. The molecule has 0 radical (unpaired) electrons. The lowest BCUT2D eigenvalue weighted by Crippen LogP contribution is -2.35. The Hall–Kier alpha value is -3.47. The molecule has 1 saturated carbocycles. The summed E-state index contributed by atoms with van der Waals surface area (Å²) >= 11 is 0. The van der Waals surface area contributed by atoms with Gasteiger partial charge in [-0.1, -0.05) is 23.8 Å². The molecule has 4 aromatic rings. The van der Waals surface area contributed by atoms with E-state index in [0.717, 1.165) is 24.0 Å². The number of aromatic amines is 1. The summed E-state index contributed by atoms with van der Waals surface area (Å²) in [4.78, 5) is 28.2. The second kappa shape index (κ2) is 8.81. The number of nitrogens with zero attached hydrogens (tertiary/aromatic N) is 3. The van der Waals surface area contributed by atoms with Crippen LogP contribution < -0.4 is 0 Å². The molecule has 5 nitrogen and oxygen atoms in total. The van der Waals surface area contributed by atoms with Crippen LogP contribution in [-0.2, 0) is 6.42 Å². The number of hydrogen-bond donors (Lipinski definition) is 1. The third kappa shape index (κ3) is 4.54. The molecule has 2 aromatic carbocycles. The first kappa shape index (κ1) is 21.4. The van der Waals surface area contributed by atoms with Crippen molar-refractivity contribution in [2.24, 2.45) is 5.92 Å². The summed E-state index contributed by atoms with van der Waals surface area (Å²) in [6.45, 7) is 7.73. The third-order valence-electron chi connectivity index (χ3n) is 6.72. The average molecular weight is 439 g/mol. The van der Waals surface area contributed by atoms with Gasteiger partial charge >= 0.3 is 0 Å². The van der Waals surface area contributed by atoms with Gasteiger partial charge in [-0.25, -0.2) is 4.98 Å². The fraction of sp³-hybridized carbons (Fsp3) is 0.321. The first-order valence-corrected chi connectivity index (χ1v) is 11.7. The Morgan fingerprint density at radius 2 is 1.85 bits per heavy atom. The van der Waals surface area contributed by atoms with Gasteiger partial charge in [-0.05, 0) is 80.8 Å². The zero-order valence-corrected chi connectivity index (χ0v) is 19.6. The van der Waals surface area contributed by atoms with Crippen LogP contribution in [0, 0.1) is 26.7 Å². The van der Waals surface area contributed by atoms with Crippen LogP contribution in [0.4, 0.5) is 0 Å². The van der Waals surface area contributed by atoms with Crippen molar-refractivity contribution in [2.45, 2.75) is 40.0 Å². The zero-order chi connectivity index (χ0) is 22.9. The Kier molecular flexibility index (Phi) is 5.71. The molecule has 1 amide bonds. The number of nitrogens with one attached hydrogen (secondary N) is 1. The molecule has 0 bridgehead atoms. The van der Waals surface area contributed by atoms with Crippen LogP contribution in [-0.4, -0.2) is 38.8 Å². The number of fused-ring (bicyclic) bond motifs is 1. The van der Waals surface area contributed by atoms with E-state index in [1.807, 2.05) is 11.0 Å². The van der Waals surface area contributed by atoms with E-state index in [-0.39, 0.29) is 5.91 Å². The van der Waals surface area contributed by atoms with Gasteiger partial charge in [0.05, 0.1) is 0 Å². The number of aromatic nitrogens is 3. The summed E-state index contributed by atoms with van der Waals surface area (Å²) in [5.74, 6) is 0.570. The van der Waals surface area contributed by atoms with Crippen molar-refractivity contribution in [3.05, 3.63) is 82.9 Å². The lowest BCUT2D eigenvalue weighted by molar-refractivity contribution is 0.0744. The van der Waals surface area contributed by atoms with Crippen LogP contribution in [0.2, 0.25) is 0 Å². The molecule has 5 heteroatoms. The van der Waals surface area contributed by atoms with E-state index in [1.54, 1.807) is 12.4 Å². The van der Waals surface area contributed by atoms with E-state index in [1.165, 1.54) is 40.5 Å². The van der Waals surface area contributed by atoms with Crippen molar-refractivity contribution in [1.29, 1.82) is 0 Å². The molecule has 0 atom stereocenters. The van der Waals surface area contributed by atoms with E-state index in [4.69, 9.17) is 0 Å². The number of carbonyl (C=O) groups is 1. The number of carbonyl (C=O) groups excluding carboxylic acids is 1. The first-order valence-electron chi connectivity index (χ1n) is 11.7. The monoisotopic (exact) mass is 438 g/mol. The minimum atomic E-state index is -0.0285. The van der Waals surface area contributed by atoms with Gasteiger partial charge in [0.15, 0.2) is 5.69 Å². The number of amides is 1. The largest absolute Gasteiger partial charge is 0.361 e. The van der Waals surface area contributed by atoms with Gasteiger partial charge in [0.2, 0.25) is 0 Å². The highest BCUT2D eigenvalue weighted by Crippen LogP contribution is 2.31. The lowest BCUT2D eigenvalue weighted by Gasteiger charge is -2.23. The molecule has 2 aromatic heterocycles. The molecule has 0 unspecified atom stereocenters. The van der Waals surface area contributed by atoms with Crippen molar-refractivity contribution >= 4 is 16.8 Å². The van der Waals surface area contributed by atoms with Crippen LogP contribution in [0.15, 0.2) is 55.0 Å². The number of aryl methyl sites for hydroxylation is 3. The molecule has 0 aliphatic heterocycles. The highest BCUT2D eigenvalue weighted by atomic mass is 16.2. The SMILES string of the molecule is Cc1ccc2[nH]cc(CCN(CC3CC3)C(=O)c3nccnc3-c3ccc(C)c(C)c3)c2c1. The van der Waals surface area contributed by atoms with E-state index in [0.29, 0.717) is 23.9 Å². The van der Waals surface area contributed by atoms with E-state index in [9.17, 15) is 4.79 Å². The molecular weight excluding hydrogens is 408 g/mol. The molecule has 33 heavy (non-hydrogen) atoms. The quantitative estimate of drug-likeness (QED) is 0.406. The summed E-state index contributed by atoms with van der Waals surface area (Å²) < 4.78 is 0. The minimum absolute atomic E-state index is 0.0285. The third-order valence-corrected chi connectivity index (χ3v) is 6.72. The van der Waals surface area contributed by atoms with Crippen molar-refractivity contribution in [3.8, 4) is 11.3 Å². The highest BCUT2D eigenvalue weighted by molar-refractivity contribution is 5.98. The molecule has 1 N–H and O–H groups in total. The molecule has 2 heterocycles. The summed E-state index contributed by atoms with van der Waals surface area (Å²) in [6, 6.07) is 12.7. The van der Waals surface area contributed by atoms with Crippen molar-refractivity contribution in [3.63, 3.8) is 0 Å². The zero-order valence-electron chi connectivity index (χ0n) is 19.6. The molecule has 0 saturated heterocycles. The fourth-order valence-electron chi connectivity index (χ4n) is 4.39. The predicted octanol–water partition coefficient (Wildman–Crippen LogP) is 5.65. The number of hydrogen-bond acceptors (Lipinski definition) is 3. The molecule has 1 aliphatic carbocycles. The Bertz CT molecular complexity index is 1320. The maximum atomic E-state index is 13.7. The van der Waals surface area contributed by atoms with Gasteiger partial charge in [-0.15, -0.1) is 0 Å².